The third kappa shape index (κ3) is 3.17. The SMILES string of the molecule is Cc1cccc(C(=O)N2CCC3(CC2)OC(C(=O)N(C)C)Cn2ccnc23)n1. The number of hydrogen-bond acceptors (Lipinski definition) is 5. The molecule has 1 unspecified atom stereocenters. The zero-order chi connectivity index (χ0) is 19.9. The summed E-state index contributed by atoms with van der Waals surface area (Å²) in [6.45, 7) is 3.40. The molecule has 0 aromatic carbocycles. The Morgan fingerprint density at radius 2 is 2.00 bits per heavy atom. The number of fused-ring (bicyclic) bond motifs is 2. The summed E-state index contributed by atoms with van der Waals surface area (Å²) in [6.07, 6.45) is 4.29. The van der Waals surface area contributed by atoms with Gasteiger partial charge in [0.15, 0.2) is 6.10 Å². The highest BCUT2D eigenvalue weighted by Gasteiger charge is 2.48. The van der Waals surface area contributed by atoms with Crippen molar-refractivity contribution in [2.24, 2.45) is 0 Å². The van der Waals surface area contributed by atoms with Gasteiger partial charge in [-0.05, 0) is 19.1 Å². The van der Waals surface area contributed by atoms with Gasteiger partial charge in [0.1, 0.15) is 17.1 Å². The Bertz CT molecular complexity index is 899. The van der Waals surface area contributed by atoms with Crippen LogP contribution in [0.2, 0.25) is 0 Å². The molecule has 8 nitrogen and oxygen atoms in total. The van der Waals surface area contributed by atoms with Crippen molar-refractivity contribution >= 4 is 11.8 Å². The molecule has 0 bridgehead atoms. The number of piperidine rings is 1. The zero-order valence-corrected chi connectivity index (χ0v) is 16.5. The van der Waals surface area contributed by atoms with Crippen LogP contribution < -0.4 is 0 Å². The lowest BCUT2D eigenvalue weighted by Crippen LogP contribution is -2.54. The number of pyridine rings is 1. The molecule has 2 aliphatic rings. The van der Waals surface area contributed by atoms with Gasteiger partial charge in [0.2, 0.25) is 0 Å². The molecule has 1 spiro atoms. The Kier molecular flexibility index (Phi) is 4.66. The maximum atomic E-state index is 12.8. The molecule has 0 N–H and O–H groups in total. The molecule has 8 heteroatoms. The second-order valence-electron chi connectivity index (χ2n) is 7.69. The molecule has 0 aliphatic carbocycles. The highest BCUT2D eigenvalue weighted by molar-refractivity contribution is 5.92. The van der Waals surface area contributed by atoms with E-state index in [0.717, 1.165) is 11.5 Å². The van der Waals surface area contributed by atoms with Crippen LogP contribution in [0.1, 0.15) is 34.8 Å². The number of imidazole rings is 1. The van der Waals surface area contributed by atoms with Gasteiger partial charge in [-0.25, -0.2) is 9.97 Å². The van der Waals surface area contributed by atoms with E-state index < -0.39 is 11.7 Å². The van der Waals surface area contributed by atoms with Crippen molar-refractivity contribution in [3.05, 3.63) is 47.8 Å². The maximum absolute atomic E-state index is 12.8. The Morgan fingerprint density at radius 3 is 2.68 bits per heavy atom. The first-order chi connectivity index (χ1) is 13.4. The molecule has 2 aromatic rings. The van der Waals surface area contributed by atoms with Crippen molar-refractivity contribution in [2.75, 3.05) is 27.2 Å². The van der Waals surface area contributed by atoms with Gasteiger partial charge in [-0.1, -0.05) is 6.07 Å². The summed E-state index contributed by atoms with van der Waals surface area (Å²) in [5.74, 6) is 0.718. The van der Waals surface area contributed by atoms with E-state index in [1.165, 1.54) is 0 Å². The molecular formula is C20H25N5O3. The van der Waals surface area contributed by atoms with Crippen LogP contribution in [0.25, 0.3) is 0 Å². The van der Waals surface area contributed by atoms with Crippen molar-refractivity contribution in [3.63, 3.8) is 0 Å². The van der Waals surface area contributed by atoms with Crippen LogP contribution in [0.5, 0.6) is 0 Å². The summed E-state index contributed by atoms with van der Waals surface area (Å²) >= 11 is 0. The lowest BCUT2D eigenvalue weighted by molar-refractivity contribution is -0.178. The fraction of sp³-hybridized carbons (Fsp3) is 0.500. The number of aromatic nitrogens is 3. The number of likely N-dealkylation sites (tertiary alicyclic amines) is 1. The average Bonchev–Trinajstić information content (AvgIpc) is 3.17. The van der Waals surface area contributed by atoms with Crippen molar-refractivity contribution < 1.29 is 14.3 Å². The molecule has 4 heterocycles. The van der Waals surface area contributed by atoms with Gasteiger partial charge in [0.05, 0.1) is 6.54 Å². The quantitative estimate of drug-likeness (QED) is 0.779. The molecule has 1 atom stereocenters. The Hall–Kier alpha value is -2.74. The van der Waals surface area contributed by atoms with Gasteiger partial charge >= 0.3 is 0 Å². The molecule has 1 saturated heterocycles. The first-order valence-electron chi connectivity index (χ1n) is 9.53. The minimum Gasteiger partial charge on any atom is -0.352 e. The van der Waals surface area contributed by atoms with Crippen LogP contribution >= 0.6 is 0 Å². The minimum absolute atomic E-state index is 0.0545. The standard InChI is InChI=1S/C20H25N5O3/c1-14-5-4-6-15(22-14)17(26)24-10-7-20(8-11-24)19-21-9-12-25(19)13-16(28-20)18(27)23(2)3/h4-6,9,12,16H,7-8,10-11,13H2,1-3H3. The molecule has 1 fully saturated rings. The Morgan fingerprint density at radius 1 is 1.25 bits per heavy atom. The van der Waals surface area contributed by atoms with Crippen molar-refractivity contribution in [1.29, 1.82) is 0 Å². The number of amides is 2. The average molecular weight is 383 g/mol. The van der Waals surface area contributed by atoms with Crippen LogP contribution in [0, 0.1) is 6.92 Å². The van der Waals surface area contributed by atoms with Gasteiger partial charge < -0.3 is 19.1 Å². The third-order valence-corrected chi connectivity index (χ3v) is 5.54. The second-order valence-corrected chi connectivity index (χ2v) is 7.69. The van der Waals surface area contributed by atoms with E-state index in [-0.39, 0.29) is 11.8 Å². The van der Waals surface area contributed by atoms with Crippen molar-refractivity contribution in [1.82, 2.24) is 24.3 Å². The molecular weight excluding hydrogens is 358 g/mol. The fourth-order valence-electron chi connectivity index (χ4n) is 4.05. The predicted octanol–water partition coefficient (Wildman–Crippen LogP) is 1.21. The summed E-state index contributed by atoms with van der Waals surface area (Å²) in [4.78, 5) is 37.6. The van der Waals surface area contributed by atoms with Crippen molar-refractivity contribution in [2.45, 2.75) is 38.0 Å². The van der Waals surface area contributed by atoms with Crippen LogP contribution in [0.15, 0.2) is 30.6 Å². The van der Waals surface area contributed by atoms with E-state index in [9.17, 15) is 9.59 Å². The fourth-order valence-corrected chi connectivity index (χ4v) is 4.05. The molecule has 2 amide bonds. The van der Waals surface area contributed by atoms with E-state index in [0.29, 0.717) is 38.2 Å². The zero-order valence-electron chi connectivity index (χ0n) is 16.5. The molecule has 148 valence electrons. The van der Waals surface area contributed by atoms with E-state index in [1.807, 2.05) is 29.8 Å². The van der Waals surface area contributed by atoms with Gasteiger partial charge in [0, 0.05) is 58.1 Å². The lowest BCUT2D eigenvalue weighted by atomic mass is 9.88. The monoisotopic (exact) mass is 383 g/mol. The summed E-state index contributed by atoms with van der Waals surface area (Å²) in [6, 6.07) is 5.47. The molecule has 2 aliphatic heterocycles. The van der Waals surface area contributed by atoms with Crippen LogP contribution in [0.3, 0.4) is 0 Å². The third-order valence-electron chi connectivity index (χ3n) is 5.54. The number of likely N-dealkylation sites (N-methyl/N-ethyl adjacent to an activating group) is 1. The molecule has 4 rings (SSSR count). The molecule has 2 aromatic heterocycles. The predicted molar refractivity (Wildman–Crippen MR) is 102 cm³/mol. The summed E-state index contributed by atoms with van der Waals surface area (Å²) in [7, 11) is 3.47. The first kappa shape index (κ1) is 18.6. The van der Waals surface area contributed by atoms with Gasteiger partial charge in [-0.3, -0.25) is 9.59 Å². The minimum atomic E-state index is -0.644. The van der Waals surface area contributed by atoms with Gasteiger partial charge in [-0.2, -0.15) is 0 Å². The van der Waals surface area contributed by atoms with E-state index in [2.05, 4.69) is 9.97 Å². The maximum Gasteiger partial charge on any atom is 0.272 e. The van der Waals surface area contributed by atoms with E-state index in [1.54, 1.807) is 36.2 Å². The number of ether oxygens (including phenoxy) is 1. The van der Waals surface area contributed by atoms with Crippen LogP contribution in [-0.2, 0) is 21.7 Å². The van der Waals surface area contributed by atoms with E-state index in [4.69, 9.17) is 4.74 Å². The summed E-state index contributed by atoms with van der Waals surface area (Å²) in [5, 5.41) is 0. The van der Waals surface area contributed by atoms with Crippen LogP contribution in [0.4, 0.5) is 0 Å². The smallest absolute Gasteiger partial charge is 0.272 e. The van der Waals surface area contributed by atoms with Crippen molar-refractivity contribution in [3.8, 4) is 0 Å². The number of aryl methyl sites for hydroxylation is 1. The number of nitrogens with zero attached hydrogens (tertiary/aromatic N) is 5. The van der Waals surface area contributed by atoms with Crippen LogP contribution in [-0.4, -0.2) is 69.4 Å². The number of rotatable bonds is 2. The topological polar surface area (TPSA) is 80.6 Å². The Labute approximate surface area is 164 Å². The first-order valence-corrected chi connectivity index (χ1v) is 9.53. The van der Waals surface area contributed by atoms with Gasteiger partial charge in [-0.15, -0.1) is 0 Å². The molecule has 0 radical (unpaired) electrons. The largest absolute Gasteiger partial charge is 0.352 e. The van der Waals surface area contributed by atoms with E-state index >= 15 is 0 Å². The highest BCUT2D eigenvalue weighted by Crippen LogP contribution is 2.40. The summed E-state index contributed by atoms with van der Waals surface area (Å²) in [5.41, 5.74) is 0.638. The molecule has 0 saturated carbocycles. The highest BCUT2D eigenvalue weighted by atomic mass is 16.5. The lowest BCUT2D eigenvalue weighted by Gasteiger charge is -2.45. The second kappa shape index (κ2) is 7.01. The summed E-state index contributed by atoms with van der Waals surface area (Å²) < 4.78 is 8.36. The number of carbonyl (C=O) groups excluding carboxylic acids is 2. The number of hydrogen-bond donors (Lipinski definition) is 0. The Balaban J connectivity index is 1.54. The molecule has 28 heavy (non-hydrogen) atoms. The normalized spacial score (nSPS) is 20.7. The number of carbonyl (C=O) groups is 2. The van der Waals surface area contributed by atoms with Gasteiger partial charge in [0.25, 0.3) is 11.8 Å².